The molecule has 78 valence electrons. The minimum atomic E-state index is 0.164. The van der Waals surface area contributed by atoms with Gasteiger partial charge in [0.25, 0.3) is 0 Å². The van der Waals surface area contributed by atoms with Gasteiger partial charge in [0.15, 0.2) is 0 Å². The summed E-state index contributed by atoms with van der Waals surface area (Å²) in [5.41, 5.74) is 0. The average molecular weight is 196 g/mol. The molecule has 0 atom stereocenters. The Morgan fingerprint density at radius 3 is 2.14 bits per heavy atom. The van der Waals surface area contributed by atoms with Crippen LogP contribution in [0.1, 0.15) is 13.3 Å². The molecule has 0 unspecified atom stereocenters. The fraction of sp³-hybridized carbons (Fsp3) is 0.455. The van der Waals surface area contributed by atoms with Gasteiger partial charge in [0.2, 0.25) is 0 Å². The number of aliphatic hydroxyl groups is 1. The Hall–Kier alpha value is -1.22. The number of aliphatic hydroxyl groups excluding tert-OH is 1. The van der Waals surface area contributed by atoms with Crippen LogP contribution in [0, 0.1) is 0 Å². The van der Waals surface area contributed by atoms with Gasteiger partial charge in [-0.05, 0) is 31.2 Å². The van der Waals surface area contributed by atoms with E-state index in [4.69, 9.17) is 14.6 Å². The molecular formula is C11H16O3. The highest BCUT2D eigenvalue weighted by molar-refractivity contribution is 5.31. The lowest BCUT2D eigenvalue weighted by Crippen LogP contribution is -1.99. The van der Waals surface area contributed by atoms with Gasteiger partial charge in [-0.15, -0.1) is 0 Å². The van der Waals surface area contributed by atoms with Crippen molar-refractivity contribution in [3.8, 4) is 11.5 Å². The lowest BCUT2D eigenvalue weighted by Gasteiger charge is -2.06. The molecule has 0 bridgehead atoms. The lowest BCUT2D eigenvalue weighted by molar-refractivity contribution is 0.233. The summed E-state index contributed by atoms with van der Waals surface area (Å²) in [6, 6.07) is 7.47. The summed E-state index contributed by atoms with van der Waals surface area (Å²) in [6.07, 6.45) is 0.660. The zero-order chi connectivity index (χ0) is 10.2. The molecule has 0 saturated heterocycles. The molecule has 0 heterocycles. The Balaban J connectivity index is 2.38. The minimum Gasteiger partial charge on any atom is -0.494 e. The summed E-state index contributed by atoms with van der Waals surface area (Å²) < 4.78 is 10.7. The van der Waals surface area contributed by atoms with Crippen molar-refractivity contribution in [2.75, 3.05) is 19.8 Å². The van der Waals surface area contributed by atoms with Crippen LogP contribution >= 0.6 is 0 Å². The molecule has 3 heteroatoms. The molecule has 0 aliphatic carbocycles. The fourth-order valence-electron chi connectivity index (χ4n) is 1.05. The second-order valence-corrected chi connectivity index (χ2v) is 2.83. The first kappa shape index (κ1) is 10.9. The van der Waals surface area contributed by atoms with Gasteiger partial charge in [-0.3, -0.25) is 0 Å². The predicted molar refractivity (Wildman–Crippen MR) is 54.8 cm³/mol. The number of ether oxygens (including phenoxy) is 2. The molecule has 0 aliphatic rings. The number of rotatable bonds is 6. The smallest absolute Gasteiger partial charge is 0.119 e. The van der Waals surface area contributed by atoms with Crippen LogP contribution in [0.4, 0.5) is 0 Å². The van der Waals surface area contributed by atoms with Gasteiger partial charge in [-0.2, -0.15) is 0 Å². The summed E-state index contributed by atoms with van der Waals surface area (Å²) in [5, 5.41) is 8.56. The third-order valence-electron chi connectivity index (χ3n) is 1.71. The van der Waals surface area contributed by atoms with Crippen molar-refractivity contribution in [2.45, 2.75) is 13.3 Å². The average Bonchev–Trinajstić information content (AvgIpc) is 2.21. The Labute approximate surface area is 84.3 Å². The monoisotopic (exact) mass is 196 g/mol. The molecule has 0 aliphatic heterocycles. The quantitative estimate of drug-likeness (QED) is 0.706. The zero-order valence-electron chi connectivity index (χ0n) is 8.40. The predicted octanol–water partition coefficient (Wildman–Crippen LogP) is 1.85. The second kappa shape index (κ2) is 6.27. The summed E-state index contributed by atoms with van der Waals surface area (Å²) in [7, 11) is 0. The van der Waals surface area contributed by atoms with Gasteiger partial charge in [0, 0.05) is 13.0 Å². The molecule has 14 heavy (non-hydrogen) atoms. The Bertz CT molecular complexity index is 243. The summed E-state index contributed by atoms with van der Waals surface area (Å²) >= 11 is 0. The van der Waals surface area contributed by atoms with Gasteiger partial charge in [-0.25, -0.2) is 0 Å². The SMILES string of the molecule is CCOc1ccc(OCCCO)cc1. The molecule has 1 rings (SSSR count). The van der Waals surface area contributed by atoms with Crippen LogP contribution in [-0.4, -0.2) is 24.9 Å². The second-order valence-electron chi connectivity index (χ2n) is 2.83. The molecule has 1 aromatic carbocycles. The van der Waals surface area contributed by atoms with Crippen molar-refractivity contribution in [1.29, 1.82) is 0 Å². The van der Waals surface area contributed by atoms with Gasteiger partial charge < -0.3 is 14.6 Å². The normalized spacial score (nSPS) is 9.86. The first-order valence-electron chi connectivity index (χ1n) is 4.83. The van der Waals surface area contributed by atoms with Crippen LogP contribution in [-0.2, 0) is 0 Å². The van der Waals surface area contributed by atoms with E-state index in [2.05, 4.69) is 0 Å². The van der Waals surface area contributed by atoms with Crippen LogP contribution < -0.4 is 9.47 Å². The largest absolute Gasteiger partial charge is 0.494 e. The highest BCUT2D eigenvalue weighted by Crippen LogP contribution is 2.17. The summed E-state index contributed by atoms with van der Waals surface area (Å²) in [4.78, 5) is 0. The van der Waals surface area contributed by atoms with E-state index in [0.29, 0.717) is 19.6 Å². The third-order valence-corrected chi connectivity index (χ3v) is 1.71. The van der Waals surface area contributed by atoms with Crippen molar-refractivity contribution >= 4 is 0 Å². The van der Waals surface area contributed by atoms with Crippen molar-refractivity contribution in [3.63, 3.8) is 0 Å². The van der Waals surface area contributed by atoms with E-state index < -0.39 is 0 Å². The van der Waals surface area contributed by atoms with Crippen molar-refractivity contribution in [3.05, 3.63) is 24.3 Å². The van der Waals surface area contributed by atoms with Crippen molar-refractivity contribution in [2.24, 2.45) is 0 Å². The van der Waals surface area contributed by atoms with Crippen LogP contribution in [0.3, 0.4) is 0 Å². The van der Waals surface area contributed by atoms with Crippen molar-refractivity contribution in [1.82, 2.24) is 0 Å². The lowest BCUT2D eigenvalue weighted by atomic mass is 10.3. The van der Waals surface area contributed by atoms with E-state index in [9.17, 15) is 0 Å². The van der Waals surface area contributed by atoms with Crippen LogP contribution in [0.25, 0.3) is 0 Å². The van der Waals surface area contributed by atoms with Crippen molar-refractivity contribution < 1.29 is 14.6 Å². The summed E-state index contributed by atoms with van der Waals surface area (Å²) in [6.45, 7) is 3.33. The number of hydrogen-bond donors (Lipinski definition) is 1. The van der Waals surface area contributed by atoms with Crippen LogP contribution in [0.5, 0.6) is 11.5 Å². The van der Waals surface area contributed by atoms with E-state index in [-0.39, 0.29) is 6.61 Å². The fourth-order valence-corrected chi connectivity index (χ4v) is 1.05. The molecule has 0 amide bonds. The molecular weight excluding hydrogens is 180 g/mol. The number of benzene rings is 1. The van der Waals surface area contributed by atoms with Crippen LogP contribution in [0.15, 0.2) is 24.3 Å². The Morgan fingerprint density at radius 2 is 1.64 bits per heavy atom. The first-order chi connectivity index (χ1) is 6.86. The zero-order valence-corrected chi connectivity index (χ0v) is 8.40. The van der Waals surface area contributed by atoms with Crippen LogP contribution in [0.2, 0.25) is 0 Å². The van der Waals surface area contributed by atoms with Gasteiger partial charge >= 0.3 is 0 Å². The molecule has 0 spiro atoms. The molecule has 0 aromatic heterocycles. The minimum absolute atomic E-state index is 0.164. The van der Waals surface area contributed by atoms with Gasteiger partial charge in [0.1, 0.15) is 11.5 Å². The Morgan fingerprint density at radius 1 is 1.07 bits per heavy atom. The van der Waals surface area contributed by atoms with E-state index in [1.807, 2.05) is 31.2 Å². The van der Waals surface area contributed by atoms with Gasteiger partial charge in [0.05, 0.1) is 13.2 Å². The topological polar surface area (TPSA) is 38.7 Å². The summed E-state index contributed by atoms with van der Waals surface area (Å²) in [5.74, 6) is 1.66. The van der Waals surface area contributed by atoms with E-state index in [1.54, 1.807) is 0 Å². The maximum Gasteiger partial charge on any atom is 0.119 e. The standard InChI is InChI=1S/C11H16O3/c1-2-13-10-4-6-11(7-5-10)14-9-3-8-12/h4-7,12H,2-3,8-9H2,1H3. The molecule has 3 nitrogen and oxygen atoms in total. The number of hydrogen-bond acceptors (Lipinski definition) is 3. The Kier molecular flexibility index (Phi) is 4.86. The first-order valence-corrected chi connectivity index (χ1v) is 4.83. The molecule has 1 N–H and O–H groups in total. The van der Waals surface area contributed by atoms with E-state index in [0.717, 1.165) is 11.5 Å². The van der Waals surface area contributed by atoms with Gasteiger partial charge in [-0.1, -0.05) is 0 Å². The molecule has 0 fully saturated rings. The highest BCUT2D eigenvalue weighted by atomic mass is 16.5. The highest BCUT2D eigenvalue weighted by Gasteiger charge is 1.94. The van der Waals surface area contributed by atoms with E-state index in [1.165, 1.54) is 0 Å². The maximum absolute atomic E-state index is 8.56. The van der Waals surface area contributed by atoms with E-state index >= 15 is 0 Å². The maximum atomic E-state index is 8.56. The molecule has 1 aromatic rings. The molecule has 0 radical (unpaired) electrons. The third kappa shape index (κ3) is 3.66. The molecule has 0 saturated carbocycles.